The minimum Gasteiger partial charge on any atom is -0.346 e. The smallest absolute Gasteiger partial charge is 0.244 e. The van der Waals surface area contributed by atoms with Gasteiger partial charge in [-0.1, -0.05) is 43.7 Å². The molecule has 25 heavy (non-hydrogen) atoms. The summed E-state index contributed by atoms with van der Waals surface area (Å²) < 4.78 is 0. The topological polar surface area (TPSA) is 66.6 Å². The van der Waals surface area contributed by atoms with E-state index in [1.165, 1.54) is 0 Å². The molecule has 1 aromatic rings. The van der Waals surface area contributed by atoms with Crippen molar-refractivity contribution < 1.29 is 9.59 Å². The zero-order valence-corrected chi connectivity index (χ0v) is 16.0. The highest BCUT2D eigenvalue weighted by Gasteiger charge is 2.31. The van der Waals surface area contributed by atoms with E-state index in [1.54, 1.807) is 4.90 Å². The lowest BCUT2D eigenvalue weighted by Gasteiger charge is -2.34. The van der Waals surface area contributed by atoms with Gasteiger partial charge in [0.05, 0.1) is 0 Å². The fourth-order valence-electron chi connectivity index (χ4n) is 3.16. The van der Waals surface area contributed by atoms with Crippen molar-refractivity contribution in [2.45, 2.75) is 38.6 Å². The van der Waals surface area contributed by atoms with Gasteiger partial charge in [0.2, 0.25) is 11.8 Å². The van der Waals surface area contributed by atoms with E-state index in [-0.39, 0.29) is 30.1 Å². The highest BCUT2D eigenvalue weighted by Crippen LogP contribution is 2.22. The van der Waals surface area contributed by atoms with E-state index in [9.17, 15) is 9.59 Å². The van der Waals surface area contributed by atoms with Crippen LogP contribution in [-0.4, -0.2) is 48.3 Å². The number of nitrogens with zero attached hydrogens (tertiary/aromatic N) is 2. The van der Waals surface area contributed by atoms with E-state index < -0.39 is 6.04 Å². The number of carbonyl (C=O) groups excluding carboxylic acids is 2. The van der Waals surface area contributed by atoms with Crippen LogP contribution in [0.25, 0.3) is 0 Å². The summed E-state index contributed by atoms with van der Waals surface area (Å²) in [6, 6.07) is 8.82. The van der Waals surface area contributed by atoms with Crippen molar-refractivity contribution in [1.82, 2.24) is 9.80 Å². The third-order valence-corrected chi connectivity index (χ3v) is 4.80. The van der Waals surface area contributed by atoms with Crippen LogP contribution in [0.2, 0.25) is 0 Å². The summed E-state index contributed by atoms with van der Waals surface area (Å²) in [4.78, 5) is 28.6. The minimum absolute atomic E-state index is 0. The molecule has 5 nitrogen and oxygen atoms in total. The monoisotopic (exact) mass is 367 g/mol. The number of hydrogen-bond donors (Lipinski definition) is 1. The van der Waals surface area contributed by atoms with Crippen molar-refractivity contribution in [3.05, 3.63) is 35.9 Å². The van der Waals surface area contributed by atoms with Gasteiger partial charge in [0.15, 0.2) is 0 Å². The molecule has 1 aromatic carbocycles. The maximum atomic E-state index is 12.6. The van der Waals surface area contributed by atoms with Crippen molar-refractivity contribution in [3.63, 3.8) is 0 Å². The van der Waals surface area contributed by atoms with Gasteiger partial charge in [0.1, 0.15) is 6.04 Å². The van der Waals surface area contributed by atoms with Crippen LogP contribution in [0.3, 0.4) is 0 Å². The number of benzene rings is 1. The Morgan fingerprint density at radius 2 is 1.84 bits per heavy atom. The van der Waals surface area contributed by atoms with Crippen LogP contribution in [0.15, 0.2) is 30.3 Å². The van der Waals surface area contributed by atoms with E-state index in [4.69, 9.17) is 5.73 Å². The fraction of sp³-hybridized carbons (Fsp3) is 0.579. The molecular weight excluding hydrogens is 338 g/mol. The number of halogens is 1. The van der Waals surface area contributed by atoms with Crippen molar-refractivity contribution in [2.24, 2.45) is 11.7 Å². The lowest BCUT2D eigenvalue weighted by molar-refractivity contribution is -0.140. The molecule has 0 bridgehead atoms. The van der Waals surface area contributed by atoms with Crippen molar-refractivity contribution in [2.75, 3.05) is 26.7 Å². The Bertz CT molecular complexity index is 545. The SMILES string of the molecule is CCCCN(C)C(=O)C1CCN(C(=O)C(N)c2ccccc2)CC1.Cl. The molecule has 2 rings (SSSR count). The second kappa shape index (κ2) is 10.4. The van der Waals surface area contributed by atoms with Gasteiger partial charge >= 0.3 is 0 Å². The number of nitrogens with two attached hydrogens (primary N) is 1. The minimum atomic E-state index is -0.620. The summed E-state index contributed by atoms with van der Waals surface area (Å²) in [5.41, 5.74) is 6.93. The fourth-order valence-corrected chi connectivity index (χ4v) is 3.16. The largest absolute Gasteiger partial charge is 0.346 e. The number of unbranched alkanes of at least 4 members (excludes halogenated alkanes) is 1. The first-order valence-electron chi connectivity index (χ1n) is 8.89. The Balaban J connectivity index is 0.00000312. The molecule has 0 aliphatic carbocycles. The number of hydrogen-bond acceptors (Lipinski definition) is 3. The summed E-state index contributed by atoms with van der Waals surface area (Å²) in [6.45, 7) is 4.15. The van der Waals surface area contributed by atoms with Crippen molar-refractivity contribution >= 4 is 24.2 Å². The highest BCUT2D eigenvalue weighted by molar-refractivity contribution is 5.85. The van der Waals surface area contributed by atoms with Crippen molar-refractivity contribution in [1.29, 1.82) is 0 Å². The molecule has 1 saturated heterocycles. The molecule has 140 valence electrons. The molecule has 1 fully saturated rings. The summed E-state index contributed by atoms with van der Waals surface area (Å²) in [5.74, 6) is 0.193. The van der Waals surface area contributed by atoms with Gasteiger partial charge in [0, 0.05) is 32.6 Å². The molecule has 1 unspecified atom stereocenters. The molecule has 1 aliphatic rings. The number of piperidine rings is 1. The van der Waals surface area contributed by atoms with Gasteiger partial charge < -0.3 is 15.5 Å². The molecule has 0 aromatic heterocycles. The molecule has 0 saturated carbocycles. The summed E-state index contributed by atoms with van der Waals surface area (Å²) in [5, 5.41) is 0. The Morgan fingerprint density at radius 1 is 1.24 bits per heavy atom. The van der Waals surface area contributed by atoms with E-state index >= 15 is 0 Å². The Morgan fingerprint density at radius 3 is 2.40 bits per heavy atom. The van der Waals surface area contributed by atoms with Gasteiger partial charge in [0.25, 0.3) is 0 Å². The third-order valence-electron chi connectivity index (χ3n) is 4.80. The molecule has 1 heterocycles. The number of carbonyl (C=O) groups is 2. The molecule has 0 spiro atoms. The Hall–Kier alpha value is -1.59. The summed E-state index contributed by atoms with van der Waals surface area (Å²) >= 11 is 0. The second-order valence-electron chi connectivity index (χ2n) is 6.60. The number of amides is 2. The first kappa shape index (κ1) is 21.5. The molecule has 1 aliphatic heterocycles. The van der Waals surface area contributed by atoms with Gasteiger partial charge in [-0.25, -0.2) is 0 Å². The van der Waals surface area contributed by atoms with Crippen LogP contribution >= 0.6 is 12.4 Å². The normalized spacial score (nSPS) is 16.0. The first-order valence-corrected chi connectivity index (χ1v) is 8.89. The van der Waals surface area contributed by atoms with E-state index in [2.05, 4.69) is 6.92 Å². The molecule has 0 radical (unpaired) electrons. The van der Waals surface area contributed by atoms with E-state index in [1.807, 2.05) is 42.3 Å². The maximum absolute atomic E-state index is 12.6. The molecular formula is C19H30ClN3O2. The standard InChI is InChI=1S/C19H29N3O2.ClH/c1-3-4-12-21(2)18(23)16-10-13-22(14-11-16)19(24)17(20)15-8-6-5-7-9-15;/h5-9,16-17H,3-4,10-14,20H2,1-2H3;1H. The summed E-state index contributed by atoms with van der Waals surface area (Å²) in [6.07, 6.45) is 3.57. The van der Waals surface area contributed by atoms with Gasteiger partial charge in [-0.15, -0.1) is 12.4 Å². The molecule has 2 N–H and O–H groups in total. The Kier molecular flexibility index (Phi) is 8.93. The van der Waals surface area contributed by atoms with Gasteiger partial charge in [-0.3, -0.25) is 9.59 Å². The van der Waals surface area contributed by atoms with Crippen LogP contribution in [-0.2, 0) is 9.59 Å². The first-order chi connectivity index (χ1) is 11.5. The quantitative estimate of drug-likeness (QED) is 0.840. The van der Waals surface area contributed by atoms with Gasteiger partial charge in [-0.05, 0) is 24.8 Å². The highest BCUT2D eigenvalue weighted by atomic mass is 35.5. The van der Waals surface area contributed by atoms with Crippen LogP contribution in [0.5, 0.6) is 0 Å². The summed E-state index contributed by atoms with van der Waals surface area (Å²) in [7, 11) is 1.88. The van der Waals surface area contributed by atoms with Crippen LogP contribution in [0.4, 0.5) is 0 Å². The lowest BCUT2D eigenvalue weighted by atomic mass is 9.94. The zero-order valence-electron chi connectivity index (χ0n) is 15.2. The second-order valence-corrected chi connectivity index (χ2v) is 6.60. The number of likely N-dealkylation sites (tertiary alicyclic amines) is 1. The maximum Gasteiger partial charge on any atom is 0.244 e. The average Bonchev–Trinajstić information content (AvgIpc) is 2.65. The number of rotatable bonds is 6. The predicted molar refractivity (Wildman–Crippen MR) is 102 cm³/mol. The predicted octanol–water partition coefficient (Wildman–Crippen LogP) is 2.61. The lowest BCUT2D eigenvalue weighted by Crippen LogP contribution is -2.46. The van der Waals surface area contributed by atoms with Crippen LogP contribution < -0.4 is 5.73 Å². The molecule has 2 amide bonds. The molecule has 6 heteroatoms. The third kappa shape index (κ3) is 5.72. The van der Waals surface area contributed by atoms with Crippen LogP contribution in [0, 0.1) is 5.92 Å². The molecule has 1 atom stereocenters. The average molecular weight is 368 g/mol. The Labute approximate surface area is 157 Å². The van der Waals surface area contributed by atoms with Crippen molar-refractivity contribution in [3.8, 4) is 0 Å². The zero-order chi connectivity index (χ0) is 17.5. The van der Waals surface area contributed by atoms with Gasteiger partial charge in [-0.2, -0.15) is 0 Å². The van der Waals surface area contributed by atoms with Crippen LogP contribution in [0.1, 0.15) is 44.2 Å². The van der Waals surface area contributed by atoms with E-state index in [0.29, 0.717) is 13.1 Å². The van der Waals surface area contributed by atoms with E-state index in [0.717, 1.165) is 37.8 Å².